The molecule has 94 valence electrons. The molecule has 5 nitrogen and oxygen atoms in total. The first-order valence-corrected chi connectivity index (χ1v) is 5.35. The summed E-state index contributed by atoms with van der Waals surface area (Å²) in [5, 5.41) is 11.5. The molecule has 0 fully saturated rings. The summed E-state index contributed by atoms with van der Waals surface area (Å²) in [7, 11) is 0. The number of aliphatic carboxylic acids is 1. The first-order chi connectivity index (χ1) is 7.04. The van der Waals surface area contributed by atoms with Crippen LogP contribution in [0, 0.1) is 5.41 Å². The van der Waals surface area contributed by atoms with Gasteiger partial charge >= 0.3 is 5.97 Å². The molecule has 0 radical (unpaired) electrons. The van der Waals surface area contributed by atoms with Gasteiger partial charge in [0, 0.05) is 0 Å². The molecule has 0 bridgehead atoms. The molecule has 0 aromatic rings. The van der Waals surface area contributed by atoms with Crippen LogP contribution in [-0.4, -0.2) is 28.6 Å². The summed E-state index contributed by atoms with van der Waals surface area (Å²) >= 11 is 0. The van der Waals surface area contributed by atoms with Gasteiger partial charge in [0.05, 0.1) is 6.04 Å². The minimum atomic E-state index is -1.25. The Hall–Kier alpha value is -1.10. The highest BCUT2D eigenvalue weighted by Crippen LogP contribution is 2.19. The van der Waals surface area contributed by atoms with Gasteiger partial charge < -0.3 is 16.2 Å². The Bertz CT molecular complexity index is 283. The third-order valence-electron chi connectivity index (χ3n) is 2.79. The van der Waals surface area contributed by atoms with Gasteiger partial charge in [-0.2, -0.15) is 0 Å². The van der Waals surface area contributed by atoms with E-state index in [-0.39, 0.29) is 0 Å². The molecule has 0 aromatic heterocycles. The Labute approximate surface area is 96.4 Å². The standard InChI is InChI=1S/C11H22N2O3/c1-6-11(5,9(15)16)13-8(14)7(12)10(2,3)4/h7H,6,12H2,1-5H3,(H,13,14)(H,15,16)/t7-,11?/m0/s1. The van der Waals surface area contributed by atoms with E-state index in [2.05, 4.69) is 5.32 Å². The number of hydrogen-bond acceptors (Lipinski definition) is 3. The zero-order valence-electron chi connectivity index (χ0n) is 10.6. The Balaban J connectivity index is 4.74. The Morgan fingerprint density at radius 1 is 1.31 bits per heavy atom. The summed E-state index contributed by atoms with van der Waals surface area (Å²) in [5.74, 6) is -1.48. The average Bonchev–Trinajstić information content (AvgIpc) is 2.14. The van der Waals surface area contributed by atoms with Crippen LogP contribution in [0.4, 0.5) is 0 Å². The highest BCUT2D eigenvalue weighted by Gasteiger charge is 2.36. The van der Waals surface area contributed by atoms with Crippen LogP contribution in [0.25, 0.3) is 0 Å². The van der Waals surface area contributed by atoms with Gasteiger partial charge in [-0.15, -0.1) is 0 Å². The van der Waals surface area contributed by atoms with Crippen molar-refractivity contribution >= 4 is 11.9 Å². The van der Waals surface area contributed by atoms with Crippen molar-refractivity contribution in [3.8, 4) is 0 Å². The normalized spacial score (nSPS) is 17.4. The molecule has 0 heterocycles. The van der Waals surface area contributed by atoms with Gasteiger partial charge in [0.1, 0.15) is 5.54 Å². The van der Waals surface area contributed by atoms with Gasteiger partial charge in [-0.1, -0.05) is 27.7 Å². The highest BCUT2D eigenvalue weighted by atomic mass is 16.4. The number of hydrogen-bond donors (Lipinski definition) is 3. The molecule has 2 atom stereocenters. The lowest BCUT2D eigenvalue weighted by Gasteiger charge is -2.31. The van der Waals surface area contributed by atoms with Gasteiger partial charge in [0.2, 0.25) is 5.91 Å². The molecular formula is C11H22N2O3. The van der Waals surface area contributed by atoms with Crippen LogP contribution in [-0.2, 0) is 9.59 Å². The van der Waals surface area contributed by atoms with Crippen molar-refractivity contribution in [3.63, 3.8) is 0 Å². The summed E-state index contributed by atoms with van der Waals surface area (Å²) in [6, 6.07) is -0.724. The molecule has 0 saturated carbocycles. The van der Waals surface area contributed by atoms with Crippen LogP contribution in [0.15, 0.2) is 0 Å². The van der Waals surface area contributed by atoms with E-state index >= 15 is 0 Å². The largest absolute Gasteiger partial charge is 0.480 e. The second kappa shape index (κ2) is 4.82. The first kappa shape index (κ1) is 14.9. The van der Waals surface area contributed by atoms with Crippen molar-refractivity contribution in [2.75, 3.05) is 0 Å². The van der Waals surface area contributed by atoms with E-state index in [4.69, 9.17) is 10.8 Å². The van der Waals surface area contributed by atoms with Crippen LogP contribution >= 0.6 is 0 Å². The fourth-order valence-corrected chi connectivity index (χ4v) is 1.04. The number of carbonyl (C=O) groups excluding carboxylic acids is 1. The van der Waals surface area contributed by atoms with Gasteiger partial charge in [0.25, 0.3) is 0 Å². The van der Waals surface area contributed by atoms with Crippen LogP contribution in [0.1, 0.15) is 41.0 Å². The van der Waals surface area contributed by atoms with Gasteiger partial charge in [-0.05, 0) is 18.8 Å². The van der Waals surface area contributed by atoms with E-state index in [0.717, 1.165) is 0 Å². The zero-order chi connectivity index (χ0) is 13.1. The van der Waals surface area contributed by atoms with Crippen molar-refractivity contribution in [1.29, 1.82) is 0 Å². The summed E-state index contributed by atoms with van der Waals surface area (Å²) in [5.41, 5.74) is 4.11. The summed E-state index contributed by atoms with van der Waals surface area (Å²) < 4.78 is 0. The minimum Gasteiger partial charge on any atom is -0.480 e. The third kappa shape index (κ3) is 3.48. The lowest BCUT2D eigenvalue weighted by atomic mass is 9.86. The monoisotopic (exact) mass is 230 g/mol. The topological polar surface area (TPSA) is 92.4 Å². The molecule has 0 aromatic carbocycles. The SMILES string of the molecule is CCC(C)(NC(=O)[C@H](N)C(C)(C)C)C(=O)O. The maximum absolute atomic E-state index is 11.8. The quantitative estimate of drug-likeness (QED) is 0.663. The van der Waals surface area contributed by atoms with Crippen molar-refractivity contribution < 1.29 is 14.7 Å². The van der Waals surface area contributed by atoms with Crippen molar-refractivity contribution in [3.05, 3.63) is 0 Å². The second-order valence-corrected chi connectivity index (χ2v) is 5.32. The molecule has 0 aliphatic carbocycles. The van der Waals surface area contributed by atoms with Gasteiger partial charge in [-0.3, -0.25) is 4.79 Å². The predicted octanol–water partition coefficient (Wildman–Crippen LogP) is 0.729. The lowest BCUT2D eigenvalue weighted by molar-refractivity contribution is -0.147. The molecule has 1 amide bonds. The fourth-order valence-electron chi connectivity index (χ4n) is 1.04. The number of carboxylic acids is 1. The first-order valence-electron chi connectivity index (χ1n) is 5.35. The molecule has 0 aliphatic rings. The fraction of sp³-hybridized carbons (Fsp3) is 0.818. The Kier molecular flexibility index (Phi) is 4.49. The average molecular weight is 230 g/mol. The van der Waals surface area contributed by atoms with Crippen LogP contribution in [0.5, 0.6) is 0 Å². The molecule has 0 aliphatic heterocycles. The summed E-state index contributed by atoms with van der Waals surface area (Å²) in [4.78, 5) is 22.8. The Morgan fingerprint density at radius 2 is 1.75 bits per heavy atom. The molecule has 0 spiro atoms. The Morgan fingerprint density at radius 3 is 2.00 bits per heavy atom. The van der Waals surface area contributed by atoms with Crippen molar-refractivity contribution in [1.82, 2.24) is 5.32 Å². The molecule has 0 saturated heterocycles. The molecule has 5 heteroatoms. The number of carboxylic acid groups (broad SMARTS) is 1. The highest BCUT2D eigenvalue weighted by molar-refractivity contribution is 5.89. The molecule has 4 N–H and O–H groups in total. The zero-order valence-corrected chi connectivity index (χ0v) is 10.6. The molecule has 16 heavy (non-hydrogen) atoms. The number of nitrogens with two attached hydrogens (primary N) is 1. The number of nitrogens with one attached hydrogen (secondary N) is 1. The van der Waals surface area contributed by atoms with Crippen LogP contribution in [0.3, 0.4) is 0 Å². The van der Waals surface area contributed by atoms with E-state index < -0.39 is 28.9 Å². The van der Waals surface area contributed by atoms with E-state index in [0.29, 0.717) is 6.42 Å². The van der Waals surface area contributed by atoms with E-state index in [1.54, 1.807) is 6.92 Å². The number of amides is 1. The number of rotatable bonds is 4. The van der Waals surface area contributed by atoms with Gasteiger partial charge in [0.15, 0.2) is 0 Å². The van der Waals surface area contributed by atoms with Crippen LogP contribution in [0.2, 0.25) is 0 Å². The molecule has 0 rings (SSSR count). The molecular weight excluding hydrogens is 208 g/mol. The maximum Gasteiger partial charge on any atom is 0.329 e. The van der Waals surface area contributed by atoms with Gasteiger partial charge in [-0.25, -0.2) is 4.79 Å². The summed E-state index contributed by atoms with van der Waals surface area (Å²) in [6.07, 6.45) is 0.310. The van der Waals surface area contributed by atoms with E-state index in [1.165, 1.54) is 6.92 Å². The number of carbonyl (C=O) groups is 2. The predicted molar refractivity (Wildman–Crippen MR) is 61.9 cm³/mol. The maximum atomic E-state index is 11.8. The van der Waals surface area contributed by atoms with Crippen molar-refractivity contribution in [2.24, 2.45) is 11.1 Å². The van der Waals surface area contributed by atoms with E-state index in [1.807, 2.05) is 20.8 Å². The third-order valence-corrected chi connectivity index (χ3v) is 2.79. The minimum absolute atomic E-state index is 0.310. The summed E-state index contributed by atoms with van der Waals surface area (Å²) in [6.45, 7) is 8.68. The van der Waals surface area contributed by atoms with Crippen LogP contribution < -0.4 is 11.1 Å². The van der Waals surface area contributed by atoms with E-state index in [9.17, 15) is 9.59 Å². The lowest BCUT2D eigenvalue weighted by Crippen LogP contribution is -2.58. The smallest absolute Gasteiger partial charge is 0.329 e. The van der Waals surface area contributed by atoms with Crippen molar-refractivity contribution in [2.45, 2.75) is 52.6 Å². The second-order valence-electron chi connectivity index (χ2n) is 5.32. The molecule has 1 unspecified atom stereocenters.